The van der Waals surface area contributed by atoms with Crippen molar-refractivity contribution in [2.24, 2.45) is 11.7 Å². The lowest BCUT2D eigenvalue weighted by molar-refractivity contribution is -0.124. The van der Waals surface area contributed by atoms with Crippen molar-refractivity contribution in [1.82, 2.24) is 0 Å². The average molecular weight is 398 g/mol. The summed E-state index contributed by atoms with van der Waals surface area (Å²) in [6.07, 6.45) is 22.8. The Balaban J connectivity index is 3.62. The Labute approximate surface area is 174 Å². The number of rotatable bonds is 17. The fourth-order valence-electron chi connectivity index (χ4n) is 3.21. The third-order valence-electron chi connectivity index (χ3n) is 5.11. The first-order chi connectivity index (χ1) is 12.8. The molecule has 0 aliphatic heterocycles. The zero-order valence-corrected chi connectivity index (χ0v) is 19.1. The molecule has 0 amide bonds. The summed E-state index contributed by atoms with van der Waals surface area (Å²) < 4.78 is 0. The zero-order chi connectivity index (χ0) is 20.5. The SMILES string of the molecule is CCCCC/C=C\C/C=C\CCCCCCCC(=O)C(C)(N)C(Cl)C(C)C. The van der Waals surface area contributed by atoms with E-state index < -0.39 is 5.54 Å². The standard InChI is InChI=1S/C24H44ClNO/c1-5-6-7-8-9-10-11-12-13-14-15-16-17-18-19-20-22(27)24(4,26)23(25)21(2)3/h9-10,12-13,21,23H,5-8,11,14-20,26H2,1-4H3/b10-9-,13-12-. The minimum atomic E-state index is -0.912. The van der Waals surface area contributed by atoms with Crippen LogP contribution in [0.5, 0.6) is 0 Å². The Bertz CT molecular complexity index is 426. The van der Waals surface area contributed by atoms with Gasteiger partial charge in [-0.2, -0.15) is 0 Å². The molecule has 158 valence electrons. The van der Waals surface area contributed by atoms with E-state index in [0.717, 1.165) is 25.7 Å². The van der Waals surface area contributed by atoms with Gasteiger partial charge in [-0.3, -0.25) is 4.79 Å². The van der Waals surface area contributed by atoms with Gasteiger partial charge < -0.3 is 5.73 Å². The molecule has 0 radical (unpaired) electrons. The fourth-order valence-corrected chi connectivity index (χ4v) is 3.33. The summed E-state index contributed by atoms with van der Waals surface area (Å²) in [7, 11) is 0. The van der Waals surface area contributed by atoms with Gasteiger partial charge >= 0.3 is 0 Å². The van der Waals surface area contributed by atoms with Gasteiger partial charge in [-0.25, -0.2) is 0 Å². The molecule has 2 nitrogen and oxygen atoms in total. The first-order valence-electron chi connectivity index (χ1n) is 11.1. The molecule has 2 atom stereocenters. The second kappa shape index (κ2) is 16.4. The zero-order valence-electron chi connectivity index (χ0n) is 18.3. The summed E-state index contributed by atoms with van der Waals surface area (Å²) >= 11 is 6.32. The molecule has 3 heteroatoms. The minimum Gasteiger partial charge on any atom is -0.318 e. The monoisotopic (exact) mass is 397 g/mol. The van der Waals surface area contributed by atoms with Crippen LogP contribution in [0.25, 0.3) is 0 Å². The van der Waals surface area contributed by atoms with Gasteiger partial charge in [-0.1, -0.05) is 77.2 Å². The largest absolute Gasteiger partial charge is 0.318 e. The van der Waals surface area contributed by atoms with E-state index in [9.17, 15) is 4.79 Å². The predicted molar refractivity (Wildman–Crippen MR) is 121 cm³/mol. The van der Waals surface area contributed by atoms with Crippen LogP contribution in [0.4, 0.5) is 0 Å². The maximum Gasteiger partial charge on any atom is 0.153 e. The molecule has 2 unspecified atom stereocenters. The number of unbranched alkanes of at least 4 members (excludes halogenated alkanes) is 8. The molecule has 0 bridgehead atoms. The molecule has 0 aliphatic carbocycles. The van der Waals surface area contributed by atoms with E-state index in [1.807, 2.05) is 13.8 Å². The van der Waals surface area contributed by atoms with Crippen molar-refractivity contribution in [1.29, 1.82) is 0 Å². The molecular weight excluding hydrogens is 354 g/mol. The number of ketones is 1. The van der Waals surface area contributed by atoms with Gasteiger partial charge in [-0.15, -0.1) is 11.6 Å². The molecule has 0 aromatic rings. The summed E-state index contributed by atoms with van der Waals surface area (Å²) in [6.45, 7) is 8.04. The van der Waals surface area contributed by atoms with Gasteiger partial charge in [0.15, 0.2) is 5.78 Å². The van der Waals surface area contributed by atoms with Gasteiger partial charge in [0.2, 0.25) is 0 Å². The van der Waals surface area contributed by atoms with Gasteiger partial charge in [0.25, 0.3) is 0 Å². The lowest BCUT2D eigenvalue weighted by Gasteiger charge is -2.31. The Hall–Kier alpha value is -0.600. The minimum absolute atomic E-state index is 0.0990. The Morgan fingerprint density at radius 3 is 2.00 bits per heavy atom. The molecule has 2 N–H and O–H groups in total. The molecule has 0 aromatic heterocycles. The Morgan fingerprint density at radius 1 is 0.926 bits per heavy atom. The number of hydrogen-bond donors (Lipinski definition) is 1. The summed E-state index contributed by atoms with van der Waals surface area (Å²) in [6, 6.07) is 0. The van der Waals surface area contributed by atoms with E-state index in [0.29, 0.717) is 6.42 Å². The van der Waals surface area contributed by atoms with Crippen molar-refractivity contribution >= 4 is 17.4 Å². The van der Waals surface area contributed by atoms with Crippen LogP contribution in [-0.4, -0.2) is 16.7 Å². The first-order valence-corrected chi connectivity index (χ1v) is 11.5. The molecule has 0 fully saturated rings. The quantitative estimate of drug-likeness (QED) is 0.158. The third-order valence-corrected chi connectivity index (χ3v) is 6.07. The average Bonchev–Trinajstić information content (AvgIpc) is 2.63. The smallest absolute Gasteiger partial charge is 0.153 e. The highest BCUT2D eigenvalue weighted by Gasteiger charge is 2.37. The van der Waals surface area contributed by atoms with Gasteiger partial charge in [0.05, 0.1) is 10.9 Å². The van der Waals surface area contributed by atoms with Crippen LogP contribution >= 0.6 is 11.6 Å². The third kappa shape index (κ3) is 13.2. The molecule has 0 rings (SSSR count). The molecule has 0 saturated heterocycles. The molecule has 0 aliphatic rings. The first kappa shape index (κ1) is 26.4. The normalized spacial score (nSPS) is 15.7. The number of halogens is 1. The van der Waals surface area contributed by atoms with Crippen LogP contribution in [-0.2, 0) is 4.79 Å². The molecule has 27 heavy (non-hydrogen) atoms. The van der Waals surface area contributed by atoms with E-state index in [-0.39, 0.29) is 17.1 Å². The van der Waals surface area contributed by atoms with E-state index in [2.05, 4.69) is 31.2 Å². The molecule has 0 aromatic carbocycles. The molecule has 0 heterocycles. The van der Waals surface area contributed by atoms with Crippen LogP contribution in [0.3, 0.4) is 0 Å². The van der Waals surface area contributed by atoms with Gasteiger partial charge in [-0.05, 0) is 51.4 Å². The van der Waals surface area contributed by atoms with Crippen LogP contribution in [0.2, 0.25) is 0 Å². The van der Waals surface area contributed by atoms with Crippen molar-refractivity contribution in [3.05, 3.63) is 24.3 Å². The summed E-state index contributed by atoms with van der Waals surface area (Å²) in [5, 5.41) is -0.303. The van der Waals surface area contributed by atoms with Gasteiger partial charge in [0.1, 0.15) is 0 Å². The number of alkyl halides is 1. The van der Waals surface area contributed by atoms with E-state index in [1.54, 1.807) is 6.92 Å². The van der Waals surface area contributed by atoms with Crippen LogP contribution in [0.15, 0.2) is 24.3 Å². The highest BCUT2D eigenvalue weighted by molar-refractivity contribution is 6.23. The van der Waals surface area contributed by atoms with E-state index in [4.69, 9.17) is 17.3 Å². The Kier molecular flexibility index (Phi) is 16.0. The second-order valence-corrected chi connectivity index (χ2v) is 8.80. The number of carbonyl (C=O) groups is 1. The molecular formula is C24H44ClNO. The lowest BCUT2D eigenvalue weighted by atomic mass is 9.85. The highest BCUT2D eigenvalue weighted by Crippen LogP contribution is 2.24. The maximum atomic E-state index is 12.3. The highest BCUT2D eigenvalue weighted by atomic mass is 35.5. The lowest BCUT2D eigenvalue weighted by Crippen LogP contribution is -2.54. The second-order valence-electron chi connectivity index (χ2n) is 8.33. The van der Waals surface area contributed by atoms with E-state index >= 15 is 0 Å². The van der Waals surface area contributed by atoms with Gasteiger partial charge in [0, 0.05) is 6.42 Å². The summed E-state index contributed by atoms with van der Waals surface area (Å²) in [4.78, 5) is 12.3. The number of allylic oxidation sites excluding steroid dienone is 4. The van der Waals surface area contributed by atoms with E-state index in [1.165, 1.54) is 44.9 Å². The Morgan fingerprint density at radius 2 is 1.44 bits per heavy atom. The maximum absolute atomic E-state index is 12.3. The summed E-state index contributed by atoms with van der Waals surface area (Å²) in [5.74, 6) is 0.303. The number of Topliss-reactive ketones (excluding diaryl/α,β-unsaturated/α-hetero) is 1. The fraction of sp³-hybridized carbons (Fsp3) is 0.792. The van der Waals surface area contributed by atoms with Crippen molar-refractivity contribution in [2.45, 2.75) is 116 Å². The number of carbonyl (C=O) groups excluding carboxylic acids is 1. The van der Waals surface area contributed by atoms with Crippen LogP contribution < -0.4 is 5.73 Å². The topological polar surface area (TPSA) is 43.1 Å². The van der Waals surface area contributed by atoms with Crippen molar-refractivity contribution < 1.29 is 4.79 Å². The number of nitrogens with two attached hydrogens (primary N) is 1. The van der Waals surface area contributed by atoms with Crippen LogP contribution in [0.1, 0.15) is 105 Å². The molecule has 0 saturated carbocycles. The van der Waals surface area contributed by atoms with Crippen LogP contribution in [0, 0.1) is 5.92 Å². The predicted octanol–water partition coefficient (Wildman–Crippen LogP) is 7.35. The molecule has 0 spiro atoms. The summed E-state index contributed by atoms with van der Waals surface area (Å²) in [5.41, 5.74) is 5.26. The van der Waals surface area contributed by atoms with Crippen molar-refractivity contribution in [3.8, 4) is 0 Å². The van der Waals surface area contributed by atoms with Crippen molar-refractivity contribution in [2.75, 3.05) is 0 Å². The van der Waals surface area contributed by atoms with Crippen molar-refractivity contribution in [3.63, 3.8) is 0 Å². The number of hydrogen-bond acceptors (Lipinski definition) is 2.